The first-order chi connectivity index (χ1) is 11.9. The summed E-state index contributed by atoms with van der Waals surface area (Å²) in [7, 11) is 1.73. The summed E-state index contributed by atoms with van der Waals surface area (Å²) in [4.78, 5) is 0. The minimum absolute atomic E-state index is 0.947. The molecular weight excluding hydrogens is 294 g/mol. The summed E-state index contributed by atoms with van der Waals surface area (Å²) >= 11 is 0. The first kappa shape index (κ1) is 21.0. The predicted molar refractivity (Wildman–Crippen MR) is 104 cm³/mol. The first-order valence-corrected chi connectivity index (χ1v) is 10.4. The van der Waals surface area contributed by atoms with E-state index >= 15 is 0 Å². The number of methoxy groups -OCH3 is 1. The average Bonchev–Trinajstić information content (AvgIpc) is 2.62. The number of rotatable bonds is 16. The SMILES string of the molecule is CCCCCCCCCCCCCCCC[n+]1cccc(OC)c1. The number of aryl methyl sites for hydroxylation is 1. The zero-order valence-electron chi connectivity index (χ0n) is 16.3. The van der Waals surface area contributed by atoms with Gasteiger partial charge in [0.25, 0.3) is 0 Å². The molecule has 0 aliphatic carbocycles. The highest BCUT2D eigenvalue weighted by Gasteiger charge is 2.02. The average molecular weight is 335 g/mol. The van der Waals surface area contributed by atoms with Crippen LogP contribution in [0.15, 0.2) is 24.5 Å². The molecule has 24 heavy (non-hydrogen) atoms. The molecule has 0 N–H and O–H groups in total. The summed E-state index contributed by atoms with van der Waals surface area (Å²) in [5.74, 6) is 0.947. The highest BCUT2D eigenvalue weighted by molar-refractivity contribution is 5.11. The predicted octanol–water partition coefficient (Wildman–Crippen LogP) is 6.46. The van der Waals surface area contributed by atoms with Gasteiger partial charge in [-0.15, -0.1) is 0 Å². The van der Waals surface area contributed by atoms with Crippen molar-refractivity contribution in [3.8, 4) is 5.75 Å². The highest BCUT2D eigenvalue weighted by Crippen LogP contribution is 2.13. The van der Waals surface area contributed by atoms with E-state index in [1.54, 1.807) is 7.11 Å². The van der Waals surface area contributed by atoms with Gasteiger partial charge in [0.1, 0.15) is 6.54 Å². The molecule has 0 saturated carbocycles. The molecule has 0 atom stereocenters. The van der Waals surface area contributed by atoms with Crippen molar-refractivity contribution in [2.45, 2.75) is 103 Å². The molecular formula is C22H40NO+. The number of nitrogens with zero attached hydrogens (tertiary/aromatic N) is 1. The lowest BCUT2D eigenvalue weighted by molar-refractivity contribution is -0.697. The van der Waals surface area contributed by atoms with Crippen LogP contribution < -0.4 is 9.30 Å². The monoisotopic (exact) mass is 334 g/mol. The van der Waals surface area contributed by atoms with Gasteiger partial charge in [0.15, 0.2) is 11.9 Å². The maximum Gasteiger partial charge on any atom is 0.211 e. The zero-order chi connectivity index (χ0) is 17.3. The maximum atomic E-state index is 5.26. The Labute approximate surface area is 150 Å². The van der Waals surface area contributed by atoms with Crippen LogP contribution in [0.5, 0.6) is 5.75 Å². The number of aromatic nitrogens is 1. The minimum Gasteiger partial charge on any atom is -0.491 e. The van der Waals surface area contributed by atoms with Gasteiger partial charge in [-0.05, 0) is 12.5 Å². The van der Waals surface area contributed by atoms with E-state index in [2.05, 4.69) is 30.0 Å². The Balaban J connectivity index is 1.82. The van der Waals surface area contributed by atoms with E-state index in [-0.39, 0.29) is 0 Å². The smallest absolute Gasteiger partial charge is 0.211 e. The first-order valence-electron chi connectivity index (χ1n) is 10.4. The van der Waals surface area contributed by atoms with Crippen molar-refractivity contribution in [2.75, 3.05) is 7.11 Å². The second-order valence-electron chi connectivity index (χ2n) is 7.08. The molecule has 1 aromatic rings. The van der Waals surface area contributed by atoms with Gasteiger partial charge in [0.05, 0.1) is 7.11 Å². The van der Waals surface area contributed by atoms with Crippen molar-refractivity contribution < 1.29 is 9.30 Å². The number of hydrogen-bond acceptors (Lipinski definition) is 1. The van der Waals surface area contributed by atoms with E-state index in [0.29, 0.717) is 0 Å². The van der Waals surface area contributed by atoms with Gasteiger partial charge in [-0.2, -0.15) is 0 Å². The van der Waals surface area contributed by atoms with E-state index in [4.69, 9.17) is 4.74 Å². The van der Waals surface area contributed by atoms with Crippen LogP contribution in [0.4, 0.5) is 0 Å². The molecule has 0 aliphatic heterocycles. The molecule has 0 aliphatic rings. The van der Waals surface area contributed by atoms with Crippen molar-refractivity contribution in [1.82, 2.24) is 0 Å². The lowest BCUT2D eigenvalue weighted by Crippen LogP contribution is -2.32. The van der Waals surface area contributed by atoms with Crippen LogP contribution in [0, 0.1) is 0 Å². The number of hydrogen-bond donors (Lipinski definition) is 0. The molecule has 0 unspecified atom stereocenters. The molecule has 0 amide bonds. The van der Waals surface area contributed by atoms with Crippen molar-refractivity contribution in [3.05, 3.63) is 24.5 Å². The highest BCUT2D eigenvalue weighted by atomic mass is 16.5. The summed E-state index contributed by atoms with van der Waals surface area (Å²) in [6.07, 6.45) is 24.0. The number of unbranched alkanes of at least 4 members (excludes halogenated alkanes) is 13. The van der Waals surface area contributed by atoms with E-state index < -0.39 is 0 Å². The normalized spacial score (nSPS) is 10.9. The molecule has 1 rings (SSSR count). The third kappa shape index (κ3) is 11.5. The lowest BCUT2D eigenvalue weighted by atomic mass is 10.0. The van der Waals surface area contributed by atoms with Crippen LogP contribution in [0.25, 0.3) is 0 Å². The largest absolute Gasteiger partial charge is 0.491 e. The summed E-state index contributed by atoms with van der Waals surface area (Å²) in [5, 5.41) is 0. The molecule has 0 radical (unpaired) electrons. The topological polar surface area (TPSA) is 13.1 Å². The molecule has 0 bridgehead atoms. The molecule has 138 valence electrons. The van der Waals surface area contributed by atoms with Gasteiger partial charge in [-0.25, -0.2) is 4.57 Å². The van der Waals surface area contributed by atoms with Crippen molar-refractivity contribution >= 4 is 0 Å². The zero-order valence-corrected chi connectivity index (χ0v) is 16.3. The second kappa shape index (κ2) is 15.5. The fourth-order valence-corrected chi connectivity index (χ4v) is 3.25. The second-order valence-corrected chi connectivity index (χ2v) is 7.08. The molecule has 1 heterocycles. The molecule has 0 aromatic carbocycles. The minimum atomic E-state index is 0.947. The Morgan fingerprint density at radius 1 is 0.750 bits per heavy atom. The summed E-state index contributed by atoms with van der Waals surface area (Å²) in [5.41, 5.74) is 0. The van der Waals surface area contributed by atoms with E-state index in [1.165, 1.54) is 89.9 Å². The van der Waals surface area contributed by atoms with Gasteiger partial charge >= 0.3 is 0 Å². The molecule has 0 spiro atoms. The van der Waals surface area contributed by atoms with Crippen molar-refractivity contribution in [2.24, 2.45) is 0 Å². The maximum absolute atomic E-state index is 5.26. The summed E-state index contributed by atoms with van der Waals surface area (Å²) in [6.45, 7) is 3.40. The molecule has 0 saturated heterocycles. The van der Waals surface area contributed by atoms with Crippen molar-refractivity contribution in [3.63, 3.8) is 0 Å². The Morgan fingerprint density at radius 2 is 1.25 bits per heavy atom. The van der Waals surface area contributed by atoms with Crippen molar-refractivity contribution in [1.29, 1.82) is 0 Å². The van der Waals surface area contributed by atoms with Crippen LogP contribution in [-0.2, 0) is 6.54 Å². The Morgan fingerprint density at radius 3 is 1.75 bits per heavy atom. The van der Waals surface area contributed by atoms with Crippen LogP contribution >= 0.6 is 0 Å². The third-order valence-electron chi connectivity index (χ3n) is 4.84. The van der Waals surface area contributed by atoms with Crippen LogP contribution in [-0.4, -0.2) is 7.11 Å². The van der Waals surface area contributed by atoms with Gasteiger partial charge in [0, 0.05) is 12.5 Å². The summed E-state index contributed by atoms with van der Waals surface area (Å²) < 4.78 is 7.49. The van der Waals surface area contributed by atoms with E-state index in [1.807, 2.05) is 6.07 Å². The summed E-state index contributed by atoms with van der Waals surface area (Å²) in [6, 6.07) is 4.06. The third-order valence-corrected chi connectivity index (χ3v) is 4.84. The number of pyridine rings is 1. The van der Waals surface area contributed by atoms with Crippen LogP contribution in [0.1, 0.15) is 96.8 Å². The molecule has 2 nitrogen and oxygen atoms in total. The van der Waals surface area contributed by atoms with Gasteiger partial charge in [-0.1, -0.05) is 84.0 Å². The lowest BCUT2D eigenvalue weighted by Gasteiger charge is -2.03. The van der Waals surface area contributed by atoms with Gasteiger partial charge in [0.2, 0.25) is 6.20 Å². The van der Waals surface area contributed by atoms with Gasteiger partial charge < -0.3 is 4.74 Å². The molecule has 1 aromatic heterocycles. The fraction of sp³-hybridized carbons (Fsp3) is 0.773. The molecule has 2 heteroatoms. The van der Waals surface area contributed by atoms with Crippen LogP contribution in [0.2, 0.25) is 0 Å². The van der Waals surface area contributed by atoms with E-state index in [9.17, 15) is 0 Å². The quantitative estimate of drug-likeness (QED) is 0.249. The van der Waals surface area contributed by atoms with Gasteiger partial charge in [-0.3, -0.25) is 0 Å². The Bertz CT molecular complexity index is 391. The number of ether oxygens (including phenoxy) is 1. The standard InChI is InChI=1S/C22H40NO/c1-3-4-5-6-7-8-9-10-11-12-13-14-15-16-19-23-20-17-18-22(21-23)24-2/h17-18,20-21H,3-16,19H2,1-2H3/q+1. The Hall–Kier alpha value is -1.05. The molecule has 0 fully saturated rings. The fourth-order valence-electron chi connectivity index (χ4n) is 3.25. The Kier molecular flexibility index (Phi) is 13.5. The van der Waals surface area contributed by atoms with E-state index in [0.717, 1.165) is 12.3 Å². The van der Waals surface area contributed by atoms with Crippen LogP contribution in [0.3, 0.4) is 0 Å².